The molecule has 0 radical (unpaired) electrons. The molecule has 0 spiro atoms. The maximum atomic E-state index is 11.0. The quantitative estimate of drug-likeness (QED) is 0.773. The summed E-state index contributed by atoms with van der Waals surface area (Å²) in [5, 5.41) is 9.05. The van der Waals surface area contributed by atoms with Crippen molar-refractivity contribution in [2.75, 3.05) is 18.0 Å². The number of carboxylic acid groups (broad SMARTS) is 1. The molecule has 3 nitrogen and oxygen atoms in total. The van der Waals surface area contributed by atoms with E-state index in [2.05, 4.69) is 4.90 Å². The minimum atomic E-state index is -0.728. The van der Waals surface area contributed by atoms with Crippen molar-refractivity contribution in [3.05, 3.63) is 29.8 Å². The van der Waals surface area contributed by atoms with Crippen molar-refractivity contribution >= 4 is 11.7 Å². The van der Waals surface area contributed by atoms with Crippen LogP contribution in [-0.4, -0.2) is 24.2 Å². The van der Waals surface area contributed by atoms with Gasteiger partial charge in [0.1, 0.15) is 5.92 Å². The molecule has 1 heterocycles. The standard InChI is InChI=1S/C11H13NO2/c1-2-12-7-9(11(13)14)8-5-3-4-6-10(8)12/h3-6,9H,2,7H2,1H3,(H,13,14). The second-order valence-corrected chi connectivity index (χ2v) is 3.49. The van der Waals surface area contributed by atoms with Gasteiger partial charge in [0.05, 0.1) is 0 Å². The molecular weight excluding hydrogens is 178 g/mol. The molecule has 0 aromatic heterocycles. The Morgan fingerprint density at radius 1 is 1.57 bits per heavy atom. The van der Waals surface area contributed by atoms with Crippen LogP contribution in [0.1, 0.15) is 18.4 Å². The summed E-state index contributed by atoms with van der Waals surface area (Å²) in [5.74, 6) is -1.08. The zero-order valence-electron chi connectivity index (χ0n) is 8.10. The summed E-state index contributed by atoms with van der Waals surface area (Å²) < 4.78 is 0. The van der Waals surface area contributed by atoms with Crippen molar-refractivity contribution in [1.82, 2.24) is 0 Å². The highest BCUT2D eigenvalue weighted by atomic mass is 16.4. The third-order valence-corrected chi connectivity index (χ3v) is 2.74. The maximum absolute atomic E-state index is 11.0. The second kappa shape index (κ2) is 3.33. The normalized spacial score (nSPS) is 19.5. The molecule has 0 aliphatic carbocycles. The van der Waals surface area contributed by atoms with Crippen molar-refractivity contribution in [2.45, 2.75) is 12.8 Å². The second-order valence-electron chi connectivity index (χ2n) is 3.49. The summed E-state index contributed by atoms with van der Waals surface area (Å²) in [6.07, 6.45) is 0. The van der Waals surface area contributed by atoms with E-state index in [0.29, 0.717) is 6.54 Å². The number of carbonyl (C=O) groups is 1. The van der Waals surface area contributed by atoms with E-state index in [1.165, 1.54) is 0 Å². The van der Waals surface area contributed by atoms with Crippen molar-refractivity contribution in [1.29, 1.82) is 0 Å². The largest absolute Gasteiger partial charge is 0.481 e. The van der Waals surface area contributed by atoms with Gasteiger partial charge in [-0.15, -0.1) is 0 Å². The van der Waals surface area contributed by atoms with Gasteiger partial charge in [0, 0.05) is 18.8 Å². The van der Waals surface area contributed by atoms with Gasteiger partial charge in [0.15, 0.2) is 0 Å². The molecule has 1 atom stereocenters. The molecule has 74 valence electrons. The van der Waals surface area contributed by atoms with E-state index in [1.54, 1.807) is 0 Å². The lowest BCUT2D eigenvalue weighted by Crippen LogP contribution is -2.23. The van der Waals surface area contributed by atoms with Gasteiger partial charge < -0.3 is 10.0 Å². The predicted octanol–water partition coefficient (Wildman–Crippen LogP) is 1.69. The van der Waals surface area contributed by atoms with Crippen LogP contribution in [0.25, 0.3) is 0 Å². The molecule has 0 fully saturated rings. The minimum Gasteiger partial charge on any atom is -0.481 e. The molecule has 1 N–H and O–H groups in total. The van der Waals surface area contributed by atoms with Gasteiger partial charge in [0.25, 0.3) is 0 Å². The van der Waals surface area contributed by atoms with E-state index < -0.39 is 5.97 Å². The van der Waals surface area contributed by atoms with E-state index in [1.807, 2.05) is 31.2 Å². The Kier molecular flexibility index (Phi) is 2.15. The highest BCUT2D eigenvalue weighted by Gasteiger charge is 2.32. The molecule has 0 saturated heterocycles. The van der Waals surface area contributed by atoms with Crippen LogP contribution in [-0.2, 0) is 4.79 Å². The van der Waals surface area contributed by atoms with E-state index in [4.69, 9.17) is 5.11 Å². The Morgan fingerprint density at radius 2 is 2.29 bits per heavy atom. The molecule has 14 heavy (non-hydrogen) atoms. The molecule has 1 aromatic carbocycles. The Bertz CT molecular complexity index is 362. The number of para-hydroxylation sites is 1. The maximum Gasteiger partial charge on any atom is 0.312 e. The Labute approximate surface area is 83.0 Å². The SMILES string of the molecule is CCN1CC(C(=O)O)c2ccccc21. The molecule has 1 unspecified atom stereocenters. The van der Waals surface area contributed by atoms with Gasteiger partial charge in [-0.2, -0.15) is 0 Å². The first kappa shape index (κ1) is 9.06. The lowest BCUT2D eigenvalue weighted by molar-refractivity contribution is -0.138. The van der Waals surface area contributed by atoms with Crippen LogP contribution in [0.3, 0.4) is 0 Å². The van der Waals surface area contributed by atoms with Crippen LogP contribution < -0.4 is 4.90 Å². The Hall–Kier alpha value is -1.51. The van der Waals surface area contributed by atoms with Crippen molar-refractivity contribution in [3.8, 4) is 0 Å². The van der Waals surface area contributed by atoms with Crippen molar-refractivity contribution in [2.24, 2.45) is 0 Å². The fourth-order valence-corrected chi connectivity index (χ4v) is 2.00. The first-order valence-corrected chi connectivity index (χ1v) is 4.80. The number of anilines is 1. The zero-order chi connectivity index (χ0) is 10.1. The van der Waals surface area contributed by atoms with E-state index in [0.717, 1.165) is 17.8 Å². The smallest absolute Gasteiger partial charge is 0.312 e. The number of rotatable bonds is 2. The summed E-state index contributed by atoms with van der Waals surface area (Å²) >= 11 is 0. The van der Waals surface area contributed by atoms with Gasteiger partial charge in [-0.1, -0.05) is 18.2 Å². The summed E-state index contributed by atoms with van der Waals surface area (Å²) in [6, 6.07) is 7.74. The molecule has 1 aliphatic heterocycles. The average molecular weight is 191 g/mol. The van der Waals surface area contributed by atoms with Gasteiger partial charge in [0.2, 0.25) is 0 Å². The molecule has 0 saturated carbocycles. The Morgan fingerprint density at radius 3 is 2.93 bits per heavy atom. The number of fused-ring (bicyclic) bond motifs is 1. The summed E-state index contributed by atoms with van der Waals surface area (Å²) in [5.41, 5.74) is 2.02. The average Bonchev–Trinajstić information content (AvgIpc) is 2.56. The monoisotopic (exact) mass is 191 g/mol. The predicted molar refractivity (Wildman–Crippen MR) is 54.7 cm³/mol. The van der Waals surface area contributed by atoms with Gasteiger partial charge in [-0.25, -0.2) is 0 Å². The molecule has 1 aliphatic rings. The van der Waals surface area contributed by atoms with Crippen LogP contribution >= 0.6 is 0 Å². The molecule has 0 bridgehead atoms. The van der Waals surface area contributed by atoms with Gasteiger partial charge in [-0.05, 0) is 18.6 Å². The van der Waals surface area contributed by atoms with E-state index >= 15 is 0 Å². The number of benzene rings is 1. The molecule has 1 aromatic rings. The van der Waals surface area contributed by atoms with E-state index in [9.17, 15) is 4.79 Å². The third-order valence-electron chi connectivity index (χ3n) is 2.74. The summed E-state index contributed by atoms with van der Waals surface area (Å²) in [6.45, 7) is 3.51. The van der Waals surface area contributed by atoms with Crippen LogP contribution in [0, 0.1) is 0 Å². The molecule has 0 amide bonds. The zero-order valence-corrected chi connectivity index (χ0v) is 8.10. The van der Waals surface area contributed by atoms with Gasteiger partial charge >= 0.3 is 5.97 Å². The highest BCUT2D eigenvalue weighted by molar-refractivity contribution is 5.82. The third kappa shape index (κ3) is 1.25. The van der Waals surface area contributed by atoms with Crippen LogP contribution in [0.5, 0.6) is 0 Å². The van der Waals surface area contributed by atoms with Crippen molar-refractivity contribution in [3.63, 3.8) is 0 Å². The number of nitrogens with zero attached hydrogens (tertiary/aromatic N) is 1. The highest BCUT2D eigenvalue weighted by Crippen LogP contribution is 2.35. The van der Waals surface area contributed by atoms with E-state index in [-0.39, 0.29) is 5.92 Å². The number of hydrogen-bond acceptors (Lipinski definition) is 2. The fraction of sp³-hybridized carbons (Fsp3) is 0.364. The van der Waals surface area contributed by atoms with Gasteiger partial charge in [-0.3, -0.25) is 4.79 Å². The molecule has 3 heteroatoms. The first-order chi connectivity index (χ1) is 6.74. The summed E-state index contributed by atoms with van der Waals surface area (Å²) in [7, 11) is 0. The van der Waals surface area contributed by atoms with Crippen molar-refractivity contribution < 1.29 is 9.90 Å². The molecular formula is C11H13NO2. The Balaban J connectivity index is 2.43. The van der Waals surface area contributed by atoms with Crippen LogP contribution in [0.15, 0.2) is 24.3 Å². The van der Waals surface area contributed by atoms with Crippen LogP contribution in [0.2, 0.25) is 0 Å². The number of hydrogen-bond donors (Lipinski definition) is 1. The number of aliphatic carboxylic acids is 1. The lowest BCUT2D eigenvalue weighted by Gasteiger charge is -2.16. The topological polar surface area (TPSA) is 40.5 Å². The summed E-state index contributed by atoms with van der Waals surface area (Å²) in [4.78, 5) is 13.1. The number of likely N-dealkylation sites (N-methyl/N-ethyl adjacent to an activating group) is 1. The van der Waals surface area contributed by atoms with Crippen LogP contribution in [0.4, 0.5) is 5.69 Å². The fourth-order valence-electron chi connectivity index (χ4n) is 2.00. The number of carboxylic acids is 1. The molecule has 2 rings (SSSR count). The lowest BCUT2D eigenvalue weighted by atomic mass is 10.0. The first-order valence-electron chi connectivity index (χ1n) is 4.80. The minimum absolute atomic E-state index is 0.355.